The molecular formula is C19H26ClN4O4+. The molecule has 2 N–H and O–H groups in total. The Labute approximate surface area is 169 Å². The van der Waals surface area contributed by atoms with Gasteiger partial charge in [-0.3, -0.25) is 4.79 Å². The molecule has 0 radical (unpaired) electrons. The number of carbonyl (C=O) groups is 1. The zero-order valence-corrected chi connectivity index (χ0v) is 17.0. The molecular weight excluding hydrogens is 384 g/mol. The largest absolute Gasteiger partial charge is 0.488 e. The van der Waals surface area contributed by atoms with Gasteiger partial charge in [0.15, 0.2) is 0 Å². The molecule has 2 rings (SSSR count). The van der Waals surface area contributed by atoms with Crippen molar-refractivity contribution in [3.63, 3.8) is 0 Å². The summed E-state index contributed by atoms with van der Waals surface area (Å²) in [5, 5.41) is 12.8. The number of ether oxygens (including phenoxy) is 2. The van der Waals surface area contributed by atoms with Crippen LogP contribution in [0.15, 0.2) is 36.5 Å². The van der Waals surface area contributed by atoms with Crippen molar-refractivity contribution in [1.29, 1.82) is 0 Å². The Morgan fingerprint density at radius 3 is 2.61 bits per heavy atom. The van der Waals surface area contributed by atoms with Crippen LogP contribution in [0.1, 0.15) is 6.42 Å². The number of halogens is 1. The van der Waals surface area contributed by atoms with Crippen LogP contribution in [0.5, 0.6) is 11.6 Å². The fraction of sp³-hybridized carbons (Fsp3) is 0.421. The number of nitrogens with one attached hydrogen (secondary N) is 1. The smallest absolute Gasteiger partial charge is 0.305 e. The second kappa shape index (κ2) is 10.1. The molecule has 0 spiro atoms. The second-order valence-electron chi connectivity index (χ2n) is 7.26. The van der Waals surface area contributed by atoms with E-state index in [1.165, 1.54) is 0 Å². The van der Waals surface area contributed by atoms with Crippen molar-refractivity contribution in [2.24, 2.45) is 0 Å². The Kier molecular flexibility index (Phi) is 7.83. The molecule has 0 saturated carbocycles. The van der Waals surface area contributed by atoms with Crippen molar-refractivity contribution in [2.45, 2.75) is 12.5 Å². The number of rotatable bonds is 11. The van der Waals surface area contributed by atoms with Crippen LogP contribution in [0.2, 0.25) is 5.02 Å². The molecule has 1 aromatic heterocycles. The normalized spacial score (nSPS) is 12.3. The van der Waals surface area contributed by atoms with Crippen LogP contribution in [0, 0.1) is 0 Å². The van der Waals surface area contributed by atoms with E-state index < -0.39 is 5.97 Å². The average molecular weight is 410 g/mol. The van der Waals surface area contributed by atoms with E-state index in [4.69, 9.17) is 26.2 Å². The molecule has 0 amide bonds. The molecule has 0 fully saturated rings. The number of quaternary nitrogens is 1. The van der Waals surface area contributed by atoms with E-state index in [1.54, 1.807) is 24.4 Å². The van der Waals surface area contributed by atoms with Crippen molar-refractivity contribution >= 4 is 23.5 Å². The number of hydrogen-bond donors (Lipinski definition) is 2. The molecule has 8 nitrogen and oxygen atoms in total. The van der Waals surface area contributed by atoms with Crippen LogP contribution >= 0.6 is 11.6 Å². The number of nitrogens with zero attached hydrogens (tertiary/aromatic N) is 3. The third-order valence-electron chi connectivity index (χ3n) is 3.58. The van der Waals surface area contributed by atoms with Gasteiger partial charge in [0.2, 0.25) is 11.8 Å². The molecule has 9 heteroatoms. The highest BCUT2D eigenvalue weighted by molar-refractivity contribution is 6.32. The summed E-state index contributed by atoms with van der Waals surface area (Å²) < 4.78 is 11.8. The molecule has 0 aliphatic rings. The molecule has 28 heavy (non-hydrogen) atoms. The molecule has 2 aromatic rings. The Morgan fingerprint density at radius 2 is 1.93 bits per heavy atom. The fourth-order valence-corrected chi connectivity index (χ4v) is 2.76. The Balaban J connectivity index is 1.89. The number of para-hydroxylation sites is 1. The van der Waals surface area contributed by atoms with Crippen LogP contribution in [0.4, 0.5) is 5.95 Å². The van der Waals surface area contributed by atoms with E-state index in [9.17, 15) is 4.79 Å². The first kappa shape index (κ1) is 21.7. The van der Waals surface area contributed by atoms with Gasteiger partial charge in [0, 0.05) is 12.3 Å². The predicted molar refractivity (Wildman–Crippen MR) is 107 cm³/mol. The maximum Gasteiger partial charge on any atom is 0.305 e. The van der Waals surface area contributed by atoms with E-state index in [2.05, 4.69) is 15.3 Å². The van der Waals surface area contributed by atoms with Crippen molar-refractivity contribution in [3.8, 4) is 11.6 Å². The number of carboxylic acid groups (broad SMARTS) is 1. The highest BCUT2D eigenvalue weighted by atomic mass is 35.5. The van der Waals surface area contributed by atoms with E-state index in [0.717, 1.165) is 0 Å². The first-order chi connectivity index (χ1) is 13.2. The van der Waals surface area contributed by atoms with Gasteiger partial charge in [0.25, 0.3) is 0 Å². The molecule has 1 heterocycles. The lowest BCUT2D eigenvalue weighted by atomic mass is 10.2. The van der Waals surface area contributed by atoms with Gasteiger partial charge in [-0.05, 0) is 12.1 Å². The summed E-state index contributed by atoms with van der Waals surface area (Å²) in [7, 11) is 5.99. The zero-order valence-electron chi connectivity index (χ0n) is 16.3. The quantitative estimate of drug-likeness (QED) is 0.435. The Hall–Kier alpha value is -2.58. The van der Waals surface area contributed by atoms with E-state index in [0.29, 0.717) is 40.2 Å². The van der Waals surface area contributed by atoms with Crippen molar-refractivity contribution in [2.75, 3.05) is 46.2 Å². The predicted octanol–water partition coefficient (Wildman–Crippen LogP) is 2.55. The van der Waals surface area contributed by atoms with Crippen LogP contribution in [0.25, 0.3) is 0 Å². The molecule has 152 valence electrons. The van der Waals surface area contributed by atoms with Crippen LogP contribution in [-0.4, -0.2) is 72.5 Å². The van der Waals surface area contributed by atoms with Gasteiger partial charge < -0.3 is 24.4 Å². The number of carboxylic acids is 1. The Morgan fingerprint density at radius 1 is 1.21 bits per heavy atom. The number of hydrogen-bond acceptors (Lipinski definition) is 6. The number of benzene rings is 1. The summed E-state index contributed by atoms with van der Waals surface area (Å²) in [5.74, 6) is 0.411. The van der Waals surface area contributed by atoms with Crippen LogP contribution in [-0.2, 0) is 4.79 Å². The van der Waals surface area contributed by atoms with Gasteiger partial charge in [-0.25, -0.2) is 4.98 Å². The lowest BCUT2D eigenvalue weighted by molar-refractivity contribution is -0.870. The minimum Gasteiger partial charge on any atom is -0.488 e. The number of aliphatic carboxylic acids is 1. The maximum atomic E-state index is 11.1. The molecule has 0 bridgehead atoms. The van der Waals surface area contributed by atoms with E-state index in [1.807, 2.05) is 33.3 Å². The van der Waals surface area contributed by atoms with Gasteiger partial charge in [-0.1, -0.05) is 23.7 Å². The summed E-state index contributed by atoms with van der Waals surface area (Å²) in [6.07, 6.45) is 1.53. The highest BCUT2D eigenvalue weighted by Crippen LogP contribution is 2.22. The minimum absolute atomic E-state index is 0.0321. The third-order valence-corrected chi connectivity index (χ3v) is 3.89. The SMILES string of the molecule is C[N+](C)(C)CC(CC(=O)O)Nc1nccc(OCCOc2ccccc2Cl)n1. The van der Waals surface area contributed by atoms with Gasteiger partial charge in [-0.2, -0.15) is 4.98 Å². The van der Waals surface area contributed by atoms with Crippen LogP contribution in [0.3, 0.4) is 0 Å². The summed E-state index contributed by atoms with van der Waals surface area (Å²) >= 11 is 6.03. The number of likely N-dealkylation sites (N-methyl/N-ethyl adjacent to an activating group) is 1. The van der Waals surface area contributed by atoms with Gasteiger partial charge in [-0.15, -0.1) is 0 Å². The first-order valence-electron chi connectivity index (χ1n) is 8.85. The summed E-state index contributed by atoms with van der Waals surface area (Å²) in [4.78, 5) is 19.6. The topological polar surface area (TPSA) is 93.6 Å². The van der Waals surface area contributed by atoms with E-state index in [-0.39, 0.29) is 19.1 Å². The lowest BCUT2D eigenvalue weighted by Crippen LogP contribution is -2.45. The molecule has 1 atom stereocenters. The average Bonchev–Trinajstić information content (AvgIpc) is 2.58. The van der Waals surface area contributed by atoms with E-state index >= 15 is 0 Å². The molecule has 1 aromatic carbocycles. The minimum atomic E-state index is -0.880. The third kappa shape index (κ3) is 7.98. The highest BCUT2D eigenvalue weighted by Gasteiger charge is 2.22. The molecule has 1 unspecified atom stereocenters. The molecule has 0 aliphatic carbocycles. The second-order valence-corrected chi connectivity index (χ2v) is 7.67. The number of aromatic nitrogens is 2. The summed E-state index contributed by atoms with van der Waals surface area (Å²) in [6.45, 7) is 1.19. The standard InChI is InChI=1S/C19H25ClN4O4/c1-24(2,3)13-14(12-18(25)26)22-19-21-9-8-17(23-19)28-11-10-27-16-7-5-4-6-15(16)20/h4-9,14H,10-13H2,1-3H3,(H-,21,22,23,25,26)/p+1. The van der Waals surface area contributed by atoms with Gasteiger partial charge in [0.1, 0.15) is 19.0 Å². The molecule has 0 aliphatic heterocycles. The summed E-state index contributed by atoms with van der Waals surface area (Å²) in [6, 6.07) is 8.53. The van der Waals surface area contributed by atoms with Gasteiger partial charge >= 0.3 is 5.97 Å². The Bertz CT molecular complexity index is 783. The van der Waals surface area contributed by atoms with Crippen molar-refractivity contribution in [1.82, 2.24) is 9.97 Å². The maximum absolute atomic E-state index is 11.1. The monoisotopic (exact) mass is 409 g/mol. The fourth-order valence-electron chi connectivity index (χ4n) is 2.57. The molecule has 0 saturated heterocycles. The lowest BCUT2D eigenvalue weighted by Gasteiger charge is -2.29. The van der Waals surface area contributed by atoms with Crippen molar-refractivity contribution in [3.05, 3.63) is 41.6 Å². The van der Waals surface area contributed by atoms with Crippen LogP contribution < -0.4 is 14.8 Å². The van der Waals surface area contributed by atoms with Crippen molar-refractivity contribution < 1.29 is 23.9 Å². The first-order valence-corrected chi connectivity index (χ1v) is 9.23. The van der Waals surface area contributed by atoms with Gasteiger partial charge in [0.05, 0.1) is 45.2 Å². The number of anilines is 1. The summed E-state index contributed by atoms with van der Waals surface area (Å²) in [5.41, 5.74) is 0. The zero-order chi connectivity index (χ0) is 20.6.